The summed E-state index contributed by atoms with van der Waals surface area (Å²) in [6.07, 6.45) is 0.902. The Kier molecular flexibility index (Phi) is 4.90. The van der Waals surface area contributed by atoms with Crippen LogP contribution in [0.25, 0.3) is 0 Å². The highest BCUT2D eigenvalue weighted by atomic mass is 32.2. The fourth-order valence-corrected chi connectivity index (χ4v) is 2.07. The number of carboxylic acid groups (broad SMARTS) is 4. The summed E-state index contributed by atoms with van der Waals surface area (Å²) in [5.74, 6) is -7.80. The molecule has 0 unspecified atom stereocenters. The van der Waals surface area contributed by atoms with Gasteiger partial charge in [-0.2, -0.15) is 0 Å². The largest absolute Gasteiger partial charge is 0.480 e. The van der Waals surface area contributed by atoms with Crippen LogP contribution < -0.4 is 0 Å². The summed E-state index contributed by atoms with van der Waals surface area (Å²) >= 11 is -0.317. The van der Waals surface area contributed by atoms with Crippen LogP contribution in [0.2, 0.25) is 0 Å². The third-order valence-corrected chi connectivity index (χ3v) is 3.84. The molecule has 104 valence electrons. The minimum absolute atomic E-state index is 0.317. The predicted octanol–water partition coefficient (Wildman–Crippen LogP) is -0.0924. The van der Waals surface area contributed by atoms with E-state index in [0.717, 1.165) is 0 Å². The Morgan fingerprint density at radius 2 is 0.947 bits per heavy atom. The molecule has 0 bridgehead atoms. The Bertz CT molecular complexity index is 396. The standard InChI is InChI=1S/C10H10O8S/c1-3-9(5(11)12,6(13)14)19-10(4-2,7(15)16)8(17)18/h3-4H,1-2H2,(H,11,12)(H,13,14)(H,15,16)(H,17,18). The van der Waals surface area contributed by atoms with Gasteiger partial charge in [0.25, 0.3) is 0 Å². The van der Waals surface area contributed by atoms with E-state index < -0.39 is 33.4 Å². The summed E-state index contributed by atoms with van der Waals surface area (Å²) in [5.41, 5.74) is 0. The summed E-state index contributed by atoms with van der Waals surface area (Å²) in [6.45, 7) is 6.02. The van der Waals surface area contributed by atoms with Crippen LogP contribution in [-0.4, -0.2) is 53.8 Å². The van der Waals surface area contributed by atoms with Gasteiger partial charge in [-0.3, -0.25) is 0 Å². The molecule has 0 aromatic carbocycles. The lowest BCUT2D eigenvalue weighted by Crippen LogP contribution is -2.51. The van der Waals surface area contributed by atoms with Gasteiger partial charge in [-0.25, -0.2) is 19.2 Å². The molecule has 0 rings (SSSR count). The molecule has 0 aliphatic carbocycles. The van der Waals surface area contributed by atoms with Crippen LogP contribution in [0.5, 0.6) is 0 Å². The molecular formula is C10H10O8S. The van der Waals surface area contributed by atoms with E-state index in [2.05, 4.69) is 13.2 Å². The number of hydrogen-bond acceptors (Lipinski definition) is 5. The average Bonchev–Trinajstić information content (AvgIpc) is 2.29. The van der Waals surface area contributed by atoms with Crippen LogP contribution in [0, 0.1) is 0 Å². The molecule has 0 heterocycles. The number of aliphatic carboxylic acids is 4. The Hall–Kier alpha value is -2.29. The molecule has 0 radical (unpaired) electrons. The normalized spacial score (nSPS) is 11.4. The summed E-state index contributed by atoms with van der Waals surface area (Å²) < 4.78 is -5.66. The lowest BCUT2D eigenvalue weighted by Gasteiger charge is -2.28. The molecular weight excluding hydrogens is 280 g/mol. The molecule has 0 amide bonds. The lowest BCUT2D eigenvalue weighted by molar-refractivity contribution is -0.149. The zero-order valence-electron chi connectivity index (χ0n) is 9.40. The fourth-order valence-electron chi connectivity index (χ4n) is 1.04. The van der Waals surface area contributed by atoms with Crippen LogP contribution in [0.3, 0.4) is 0 Å². The maximum atomic E-state index is 11.0. The number of hydrogen-bond donors (Lipinski definition) is 4. The smallest absolute Gasteiger partial charge is 0.335 e. The molecule has 0 aliphatic rings. The van der Waals surface area contributed by atoms with Gasteiger partial charge < -0.3 is 20.4 Å². The highest BCUT2D eigenvalue weighted by Crippen LogP contribution is 2.40. The second-order valence-corrected chi connectivity index (χ2v) is 4.69. The molecule has 9 heteroatoms. The van der Waals surface area contributed by atoms with Crippen LogP contribution in [0.15, 0.2) is 25.3 Å². The van der Waals surface area contributed by atoms with E-state index in [9.17, 15) is 19.2 Å². The third-order valence-electron chi connectivity index (χ3n) is 2.17. The van der Waals surface area contributed by atoms with Crippen LogP contribution in [0.4, 0.5) is 0 Å². The molecule has 0 spiro atoms. The van der Waals surface area contributed by atoms with Gasteiger partial charge in [0, 0.05) is 0 Å². The maximum absolute atomic E-state index is 11.0. The zero-order chi connectivity index (χ0) is 15.4. The van der Waals surface area contributed by atoms with Crippen molar-refractivity contribution in [2.45, 2.75) is 9.49 Å². The van der Waals surface area contributed by atoms with Gasteiger partial charge in [0.1, 0.15) is 0 Å². The highest BCUT2D eigenvalue weighted by molar-refractivity contribution is 8.05. The van der Waals surface area contributed by atoms with E-state index in [1.807, 2.05) is 0 Å². The van der Waals surface area contributed by atoms with Crippen molar-refractivity contribution >= 4 is 35.6 Å². The SMILES string of the molecule is C=CC(SC(C=C)(C(=O)O)C(=O)O)(C(=O)O)C(=O)O. The summed E-state index contributed by atoms with van der Waals surface area (Å²) in [4.78, 5) is 44.2. The van der Waals surface area contributed by atoms with E-state index in [1.165, 1.54) is 0 Å². The number of rotatable bonds is 8. The number of carboxylic acids is 4. The summed E-state index contributed by atoms with van der Waals surface area (Å²) in [7, 11) is 0. The minimum atomic E-state index is -2.83. The third kappa shape index (κ3) is 2.60. The van der Waals surface area contributed by atoms with Crippen LogP contribution in [0.1, 0.15) is 0 Å². The molecule has 8 nitrogen and oxygen atoms in total. The second kappa shape index (κ2) is 5.57. The second-order valence-electron chi connectivity index (χ2n) is 3.20. The summed E-state index contributed by atoms with van der Waals surface area (Å²) in [5, 5.41) is 35.7. The van der Waals surface area contributed by atoms with Gasteiger partial charge in [0.15, 0.2) is 0 Å². The van der Waals surface area contributed by atoms with E-state index in [-0.39, 0.29) is 11.8 Å². The number of carbonyl (C=O) groups is 4. The molecule has 0 saturated carbocycles. The predicted molar refractivity (Wildman–Crippen MR) is 64.0 cm³/mol. The lowest BCUT2D eigenvalue weighted by atomic mass is 10.1. The molecule has 0 aliphatic heterocycles. The Balaban J connectivity index is 6.05. The average molecular weight is 290 g/mol. The molecule has 0 aromatic rings. The quantitative estimate of drug-likeness (QED) is 0.355. The molecule has 0 fully saturated rings. The monoisotopic (exact) mass is 290 g/mol. The van der Waals surface area contributed by atoms with E-state index in [4.69, 9.17) is 20.4 Å². The van der Waals surface area contributed by atoms with Gasteiger partial charge in [-0.15, -0.1) is 13.2 Å². The summed E-state index contributed by atoms with van der Waals surface area (Å²) in [6, 6.07) is 0. The molecule has 0 aromatic heterocycles. The van der Waals surface area contributed by atoms with E-state index in [0.29, 0.717) is 12.2 Å². The van der Waals surface area contributed by atoms with E-state index in [1.54, 1.807) is 0 Å². The Labute approximate surface area is 111 Å². The van der Waals surface area contributed by atoms with Gasteiger partial charge in [0.05, 0.1) is 0 Å². The maximum Gasteiger partial charge on any atom is 0.335 e. The molecule has 0 saturated heterocycles. The molecule has 19 heavy (non-hydrogen) atoms. The van der Waals surface area contributed by atoms with Crippen LogP contribution >= 0.6 is 11.8 Å². The van der Waals surface area contributed by atoms with Crippen molar-refractivity contribution < 1.29 is 39.6 Å². The van der Waals surface area contributed by atoms with Crippen molar-refractivity contribution in [3.63, 3.8) is 0 Å². The van der Waals surface area contributed by atoms with E-state index >= 15 is 0 Å². The first kappa shape index (κ1) is 16.7. The van der Waals surface area contributed by atoms with Gasteiger partial charge >= 0.3 is 23.9 Å². The first-order valence-electron chi connectivity index (χ1n) is 4.51. The first-order chi connectivity index (χ1) is 8.60. The van der Waals surface area contributed by atoms with Crippen molar-refractivity contribution in [3.05, 3.63) is 25.3 Å². The molecule has 4 N–H and O–H groups in total. The van der Waals surface area contributed by atoms with Gasteiger partial charge in [-0.05, 0) is 0 Å². The first-order valence-corrected chi connectivity index (χ1v) is 5.33. The zero-order valence-corrected chi connectivity index (χ0v) is 10.2. The van der Waals surface area contributed by atoms with Gasteiger partial charge in [-0.1, -0.05) is 23.9 Å². The molecule has 0 atom stereocenters. The van der Waals surface area contributed by atoms with Crippen molar-refractivity contribution in [1.29, 1.82) is 0 Å². The van der Waals surface area contributed by atoms with Crippen LogP contribution in [-0.2, 0) is 19.2 Å². The number of thioether (sulfide) groups is 1. The highest BCUT2D eigenvalue weighted by Gasteiger charge is 2.57. The van der Waals surface area contributed by atoms with Crippen molar-refractivity contribution in [1.82, 2.24) is 0 Å². The fraction of sp³-hybridized carbons (Fsp3) is 0.200. The van der Waals surface area contributed by atoms with Crippen molar-refractivity contribution in [2.24, 2.45) is 0 Å². The van der Waals surface area contributed by atoms with Crippen molar-refractivity contribution in [3.8, 4) is 0 Å². The van der Waals surface area contributed by atoms with Gasteiger partial charge in [0.2, 0.25) is 9.49 Å². The topological polar surface area (TPSA) is 149 Å². The Morgan fingerprint density at radius 3 is 1.05 bits per heavy atom. The Morgan fingerprint density at radius 1 is 0.737 bits per heavy atom. The minimum Gasteiger partial charge on any atom is -0.480 e. The van der Waals surface area contributed by atoms with Crippen molar-refractivity contribution in [2.75, 3.05) is 0 Å².